The predicted molar refractivity (Wildman–Crippen MR) is 92.0 cm³/mol. The number of benzene rings is 1. The van der Waals surface area contributed by atoms with Crippen molar-refractivity contribution in [2.45, 2.75) is 41.0 Å². The topological polar surface area (TPSA) is 0 Å². The Morgan fingerprint density at radius 2 is 1.60 bits per heavy atom. The third-order valence-electron chi connectivity index (χ3n) is 1.59. The summed E-state index contributed by atoms with van der Waals surface area (Å²) in [7, 11) is 0.500. The molecule has 20 heavy (non-hydrogen) atoms. The Kier molecular flexibility index (Phi) is 23.9. The van der Waals surface area contributed by atoms with Crippen molar-refractivity contribution < 1.29 is 4.39 Å². The van der Waals surface area contributed by atoms with Crippen LogP contribution < -0.4 is 0 Å². The van der Waals surface area contributed by atoms with Crippen LogP contribution in [0, 0.1) is 17.8 Å². The lowest BCUT2D eigenvalue weighted by atomic mass is 10.1. The maximum Gasteiger partial charge on any atom is 0.0785 e. The minimum atomic E-state index is 0.500. The van der Waals surface area contributed by atoms with E-state index in [9.17, 15) is 4.39 Å². The van der Waals surface area contributed by atoms with Crippen LogP contribution >= 0.6 is 11.6 Å². The first-order valence-corrected chi connectivity index (χ1v) is 7.17. The summed E-state index contributed by atoms with van der Waals surface area (Å²) < 4.78 is 9.50. The van der Waals surface area contributed by atoms with E-state index in [4.69, 9.17) is 11.6 Å². The molecule has 0 N–H and O–H groups in total. The van der Waals surface area contributed by atoms with Crippen LogP contribution in [-0.2, 0) is 0 Å². The Morgan fingerprint density at radius 3 is 1.95 bits per heavy atom. The molecule has 0 radical (unpaired) electrons. The lowest BCUT2D eigenvalue weighted by Gasteiger charge is -1.93. The molecule has 1 aromatic rings. The molecule has 0 atom stereocenters. The third kappa shape index (κ3) is 19.1. The highest BCUT2D eigenvalue weighted by Crippen LogP contribution is 2.08. The van der Waals surface area contributed by atoms with Gasteiger partial charge in [-0.2, -0.15) is 0 Å². The van der Waals surface area contributed by atoms with E-state index in [0.29, 0.717) is 13.1 Å². The number of hydrogen-bond acceptors (Lipinski definition) is 0. The Labute approximate surface area is 130 Å². The van der Waals surface area contributed by atoms with E-state index < -0.39 is 0 Å². The normalized spacial score (nSPS) is 7.45. The summed E-state index contributed by atoms with van der Waals surface area (Å²) in [6.45, 7) is 13.6. The van der Waals surface area contributed by atoms with Crippen molar-refractivity contribution >= 4 is 11.6 Å². The van der Waals surface area contributed by atoms with Gasteiger partial charge in [-0.05, 0) is 37.1 Å². The van der Waals surface area contributed by atoms with Gasteiger partial charge < -0.3 is 0 Å². The van der Waals surface area contributed by atoms with E-state index in [1.165, 1.54) is 0 Å². The molecular formula is C18H28ClF. The molecule has 0 spiro atoms. The van der Waals surface area contributed by atoms with Gasteiger partial charge in [0.2, 0.25) is 0 Å². The van der Waals surface area contributed by atoms with Crippen LogP contribution in [0.5, 0.6) is 0 Å². The Morgan fingerprint density at radius 1 is 1.20 bits per heavy atom. The highest BCUT2D eigenvalue weighted by atomic mass is 35.5. The van der Waals surface area contributed by atoms with Crippen LogP contribution in [-0.4, -0.2) is 7.18 Å². The van der Waals surface area contributed by atoms with Crippen molar-refractivity contribution in [2.75, 3.05) is 7.18 Å². The fraction of sp³-hybridized carbons (Fsp3) is 0.444. The quantitative estimate of drug-likeness (QED) is 0.408. The molecular weight excluding hydrogens is 271 g/mol. The fourth-order valence-corrected chi connectivity index (χ4v) is 1.02. The third-order valence-corrected chi connectivity index (χ3v) is 1.84. The summed E-state index contributed by atoms with van der Waals surface area (Å²) in [6, 6.07) is 7.60. The predicted octanol–water partition coefficient (Wildman–Crippen LogP) is 6.54. The van der Waals surface area contributed by atoms with Crippen molar-refractivity contribution in [3.05, 3.63) is 47.5 Å². The van der Waals surface area contributed by atoms with E-state index in [2.05, 4.69) is 32.3 Å². The Balaban J connectivity index is -0.000000355. The fourth-order valence-electron chi connectivity index (χ4n) is 0.890. The van der Waals surface area contributed by atoms with Gasteiger partial charge >= 0.3 is 0 Å². The van der Waals surface area contributed by atoms with E-state index in [-0.39, 0.29) is 0 Å². The van der Waals surface area contributed by atoms with Crippen LogP contribution in [0.3, 0.4) is 0 Å². The molecule has 0 aliphatic rings. The summed E-state index contributed by atoms with van der Waals surface area (Å²) in [4.78, 5) is 0. The van der Waals surface area contributed by atoms with Crippen molar-refractivity contribution in [1.82, 2.24) is 0 Å². The SMILES string of the molecule is C=CC.CC.CC(C)CC#Cc1ccc(Cl)cc1.CF. The maximum atomic E-state index is 9.50. The molecule has 0 aliphatic carbocycles. The number of hydrogen-bond donors (Lipinski definition) is 0. The average molecular weight is 299 g/mol. The smallest absolute Gasteiger partial charge is 0.0785 e. The molecule has 0 heterocycles. The van der Waals surface area contributed by atoms with Gasteiger partial charge in [0.1, 0.15) is 0 Å². The highest BCUT2D eigenvalue weighted by Gasteiger charge is 1.88. The van der Waals surface area contributed by atoms with Crippen LogP contribution in [0.25, 0.3) is 0 Å². The Bertz CT molecular complexity index is 355. The van der Waals surface area contributed by atoms with Crippen LogP contribution in [0.1, 0.15) is 46.6 Å². The lowest BCUT2D eigenvalue weighted by molar-refractivity contribution is 0.636. The summed E-state index contributed by atoms with van der Waals surface area (Å²) in [5, 5.41) is 0.759. The largest absolute Gasteiger partial charge is 0.255 e. The van der Waals surface area contributed by atoms with Gasteiger partial charge in [0, 0.05) is 17.0 Å². The second-order valence-corrected chi connectivity index (χ2v) is 4.25. The van der Waals surface area contributed by atoms with Gasteiger partial charge in [0.25, 0.3) is 0 Å². The van der Waals surface area contributed by atoms with Crippen LogP contribution in [0.2, 0.25) is 5.02 Å². The second-order valence-electron chi connectivity index (χ2n) is 3.81. The zero-order chi connectivity index (χ0) is 16.4. The molecule has 1 rings (SSSR count). The molecule has 0 aliphatic heterocycles. The van der Waals surface area contributed by atoms with Gasteiger partial charge in [0.15, 0.2) is 0 Å². The van der Waals surface area contributed by atoms with Gasteiger partial charge in [-0.1, -0.05) is 57.2 Å². The molecule has 0 nitrogen and oxygen atoms in total. The molecule has 0 fully saturated rings. The summed E-state index contributed by atoms with van der Waals surface area (Å²) in [5.41, 5.74) is 1.03. The first-order valence-electron chi connectivity index (χ1n) is 6.79. The van der Waals surface area contributed by atoms with Gasteiger partial charge in [-0.25, -0.2) is 0 Å². The molecule has 0 amide bonds. The number of rotatable bonds is 1. The average Bonchev–Trinajstić information content (AvgIpc) is 2.46. The molecule has 114 valence electrons. The second kappa shape index (κ2) is 20.1. The molecule has 0 saturated heterocycles. The maximum absolute atomic E-state index is 9.50. The number of allylic oxidation sites excluding steroid dienone is 1. The molecule has 0 saturated carbocycles. The zero-order valence-electron chi connectivity index (χ0n) is 13.6. The summed E-state index contributed by atoms with van der Waals surface area (Å²) >= 11 is 5.75. The van der Waals surface area contributed by atoms with Crippen molar-refractivity contribution in [1.29, 1.82) is 0 Å². The van der Waals surface area contributed by atoms with Crippen LogP contribution in [0.4, 0.5) is 4.39 Å². The number of alkyl halides is 1. The molecule has 0 aromatic heterocycles. The number of halogens is 2. The van der Waals surface area contributed by atoms with E-state index in [0.717, 1.165) is 17.0 Å². The minimum Gasteiger partial charge on any atom is -0.255 e. The monoisotopic (exact) mass is 298 g/mol. The first-order chi connectivity index (χ1) is 9.60. The molecule has 0 bridgehead atoms. The molecule has 1 aromatic carbocycles. The molecule has 2 heteroatoms. The summed E-state index contributed by atoms with van der Waals surface area (Å²) in [6.07, 6.45) is 2.70. The standard InChI is InChI=1S/C12H13Cl.C3H6.C2H6.CH3F/c1-10(2)4-3-5-11-6-8-12(13)9-7-11;1-3-2;2*1-2/h6-10H,4H2,1-2H3;3H,1H2,2H3;1-2H3;1H3. The molecule has 0 unspecified atom stereocenters. The van der Waals surface area contributed by atoms with E-state index >= 15 is 0 Å². The summed E-state index contributed by atoms with van der Waals surface area (Å²) in [5.74, 6) is 6.86. The van der Waals surface area contributed by atoms with E-state index in [1.807, 2.05) is 45.0 Å². The first kappa shape index (κ1) is 23.8. The highest BCUT2D eigenvalue weighted by molar-refractivity contribution is 6.30. The van der Waals surface area contributed by atoms with Gasteiger partial charge in [-0.3, -0.25) is 4.39 Å². The van der Waals surface area contributed by atoms with Gasteiger partial charge in [0.05, 0.1) is 7.18 Å². The Hall–Kier alpha value is -1.26. The van der Waals surface area contributed by atoms with Crippen molar-refractivity contribution in [2.24, 2.45) is 5.92 Å². The lowest BCUT2D eigenvalue weighted by Crippen LogP contribution is -1.82. The van der Waals surface area contributed by atoms with Crippen molar-refractivity contribution in [3.63, 3.8) is 0 Å². The zero-order valence-corrected chi connectivity index (χ0v) is 14.4. The minimum absolute atomic E-state index is 0.500. The van der Waals surface area contributed by atoms with Gasteiger partial charge in [-0.15, -0.1) is 6.58 Å². The van der Waals surface area contributed by atoms with Crippen LogP contribution in [0.15, 0.2) is 36.9 Å². The van der Waals surface area contributed by atoms with E-state index in [1.54, 1.807) is 6.08 Å². The van der Waals surface area contributed by atoms with Crippen molar-refractivity contribution in [3.8, 4) is 11.8 Å².